The molecule has 0 fully saturated rings. The van der Waals surface area contributed by atoms with Crippen LogP contribution >= 0.6 is 0 Å². The first-order valence-corrected chi connectivity index (χ1v) is 7.96. The summed E-state index contributed by atoms with van der Waals surface area (Å²) in [6, 6.07) is 20.8. The van der Waals surface area contributed by atoms with Crippen molar-refractivity contribution >= 4 is 11.9 Å². The summed E-state index contributed by atoms with van der Waals surface area (Å²) in [5, 5.41) is 3.37. The van der Waals surface area contributed by atoms with E-state index in [2.05, 4.69) is 57.8 Å². The van der Waals surface area contributed by atoms with Crippen LogP contribution in [0.1, 0.15) is 11.1 Å². The fourth-order valence-corrected chi connectivity index (χ4v) is 2.78. The number of aromatic nitrogens is 1. The monoisotopic (exact) mass is 311 g/mol. The Morgan fingerprint density at radius 3 is 2.50 bits per heavy atom. The van der Waals surface area contributed by atoms with Gasteiger partial charge in [0.1, 0.15) is 0 Å². The van der Waals surface area contributed by atoms with E-state index in [4.69, 9.17) is 0 Å². The van der Waals surface area contributed by atoms with E-state index in [1.807, 2.05) is 43.0 Å². The third kappa shape index (κ3) is 3.10. The van der Waals surface area contributed by atoms with Crippen molar-refractivity contribution in [2.75, 3.05) is 5.32 Å². The molecule has 0 spiro atoms. The second kappa shape index (κ2) is 6.50. The lowest BCUT2D eigenvalue weighted by Gasteiger charge is -2.07. The van der Waals surface area contributed by atoms with Crippen molar-refractivity contribution in [3.8, 4) is 11.1 Å². The lowest BCUT2D eigenvalue weighted by Crippen LogP contribution is -1.93. The molecule has 0 unspecified atom stereocenters. The highest BCUT2D eigenvalue weighted by atomic mass is 14.9. The van der Waals surface area contributed by atoms with Crippen LogP contribution in [0.5, 0.6) is 0 Å². The van der Waals surface area contributed by atoms with Gasteiger partial charge in [-0.05, 0) is 41.0 Å². The molecule has 1 aliphatic rings. The molecule has 1 aromatic heterocycles. The molecule has 0 saturated heterocycles. The molecule has 1 aliphatic heterocycles. The molecular formula is C21H17N3. The summed E-state index contributed by atoms with van der Waals surface area (Å²) in [6.07, 6.45) is 8.37. The predicted molar refractivity (Wildman–Crippen MR) is 99.1 cm³/mol. The summed E-state index contributed by atoms with van der Waals surface area (Å²) >= 11 is 0. The summed E-state index contributed by atoms with van der Waals surface area (Å²) in [7, 11) is 0. The fraction of sp³-hybridized carbons (Fsp3) is 0.0476. The molecule has 0 radical (unpaired) electrons. The fourth-order valence-electron chi connectivity index (χ4n) is 2.78. The van der Waals surface area contributed by atoms with Gasteiger partial charge in [0.25, 0.3) is 0 Å². The molecule has 1 N–H and O–H groups in total. The molecule has 3 nitrogen and oxygen atoms in total. The third-order valence-corrected chi connectivity index (χ3v) is 4.06. The SMILES string of the molecule is C1=NC(Cc2ccccc2)=CNc2ccc(-c3ccncc3)cc21. The van der Waals surface area contributed by atoms with Gasteiger partial charge in [0.05, 0.1) is 5.70 Å². The van der Waals surface area contributed by atoms with Crippen LogP contribution in [0, 0.1) is 0 Å². The van der Waals surface area contributed by atoms with E-state index in [1.54, 1.807) is 0 Å². The lowest BCUT2D eigenvalue weighted by atomic mass is 10.0. The molecule has 0 atom stereocenters. The van der Waals surface area contributed by atoms with Crippen molar-refractivity contribution in [1.82, 2.24) is 4.98 Å². The first kappa shape index (κ1) is 14.4. The Hall–Kier alpha value is -3.20. The maximum atomic E-state index is 4.66. The first-order chi connectivity index (χ1) is 11.9. The van der Waals surface area contributed by atoms with Gasteiger partial charge in [0.2, 0.25) is 0 Å². The number of hydrogen-bond acceptors (Lipinski definition) is 3. The maximum absolute atomic E-state index is 4.66. The minimum atomic E-state index is 0.815. The van der Waals surface area contributed by atoms with Gasteiger partial charge < -0.3 is 5.32 Å². The normalized spacial score (nSPS) is 12.8. The number of anilines is 1. The van der Waals surface area contributed by atoms with Gasteiger partial charge in [-0.25, -0.2) is 0 Å². The number of benzene rings is 2. The van der Waals surface area contributed by atoms with E-state index < -0.39 is 0 Å². The van der Waals surface area contributed by atoms with Crippen molar-refractivity contribution in [2.45, 2.75) is 6.42 Å². The first-order valence-electron chi connectivity index (χ1n) is 7.96. The van der Waals surface area contributed by atoms with E-state index in [-0.39, 0.29) is 0 Å². The highest BCUT2D eigenvalue weighted by molar-refractivity contribution is 5.91. The van der Waals surface area contributed by atoms with Crippen LogP contribution in [-0.2, 0) is 6.42 Å². The molecule has 0 amide bonds. The average Bonchev–Trinajstić information content (AvgIpc) is 2.85. The van der Waals surface area contributed by atoms with Crippen LogP contribution in [0.2, 0.25) is 0 Å². The molecule has 3 aromatic rings. The predicted octanol–water partition coefficient (Wildman–Crippen LogP) is 4.68. The van der Waals surface area contributed by atoms with Crippen LogP contribution in [-0.4, -0.2) is 11.2 Å². The zero-order valence-corrected chi connectivity index (χ0v) is 13.2. The molecule has 3 heteroatoms. The highest BCUT2D eigenvalue weighted by Gasteiger charge is 2.07. The van der Waals surface area contributed by atoms with Crippen molar-refractivity contribution in [3.05, 3.63) is 96.1 Å². The number of rotatable bonds is 3. The standard InChI is InChI=1S/C21H17N3/c1-2-4-16(5-3-1)12-20-15-24-21-7-6-18(13-19(21)14-23-20)17-8-10-22-11-9-17/h1-11,13-15,24H,12H2. The summed E-state index contributed by atoms with van der Waals surface area (Å²) in [4.78, 5) is 8.73. The number of nitrogens with one attached hydrogen (secondary N) is 1. The van der Waals surface area contributed by atoms with Gasteiger partial charge in [-0.2, -0.15) is 0 Å². The Morgan fingerprint density at radius 1 is 0.833 bits per heavy atom. The largest absolute Gasteiger partial charge is 0.359 e. The van der Waals surface area contributed by atoms with Gasteiger partial charge in [0, 0.05) is 42.5 Å². The van der Waals surface area contributed by atoms with Crippen LogP contribution in [0.4, 0.5) is 5.69 Å². The van der Waals surface area contributed by atoms with Crippen LogP contribution in [0.3, 0.4) is 0 Å². The third-order valence-electron chi connectivity index (χ3n) is 4.06. The molecule has 2 aromatic carbocycles. The number of hydrogen-bond donors (Lipinski definition) is 1. The second-order valence-corrected chi connectivity index (χ2v) is 5.74. The summed E-state index contributed by atoms with van der Waals surface area (Å²) in [5.74, 6) is 0. The smallest absolute Gasteiger partial charge is 0.0607 e. The minimum Gasteiger partial charge on any atom is -0.359 e. The van der Waals surface area contributed by atoms with E-state index in [0.29, 0.717) is 0 Å². The molecule has 116 valence electrons. The Balaban J connectivity index is 1.60. The number of pyridine rings is 1. The van der Waals surface area contributed by atoms with E-state index in [0.717, 1.165) is 34.5 Å². The van der Waals surface area contributed by atoms with Crippen LogP contribution in [0.25, 0.3) is 11.1 Å². The Labute approximate surface area is 141 Å². The molecule has 4 rings (SSSR count). The zero-order chi connectivity index (χ0) is 16.2. The average molecular weight is 311 g/mol. The second-order valence-electron chi connectivity index (χ2n) is 5.74. The minimum absolute atomic E-state index is 0.815. The maximum Gasteiger partial charge on any atom is 0.0607 e. The van der Waals surface area contributed by atoms with E-state index >= 15 is 0 Å². The Kier molecular flexibility index (Phi) is 3.90. The molecule has 0 bridgehead atoms. The van der Waals surface area contributed by atoms with Crippen LogP contribution in [0.15, 0.2) is 89.9 Å². The summed E-state index contributed by atoms with van der Waals surface area (Å²) in [5.41, 5.74) is 6.75. The van der Waals surface area contributed by atoms with Crippen molar-refractivity contribution in [3.63, 3.8) is 0 Å². The summed E-state index contributed by atoms with van der Waals surface area (Å²) in [6.45, 7) is 0. The van der Waals surface area contributed by atoms with Gasteiger partial charge in [0.15, 0.2) is 0 Å². The Morgan fingerprint density at radius 2 is 1.67 bits per heavy atom. The molecular weight excluding hydrogens is 294 g/mol. The molecule has 0 saturated carbocycles. The number of nitrogens with zero attached hydrogens (tertiary/aromatic N) is 2. The van der Waals surface area contributed by atoms with Crippen molar-refractivity contribution < 1.29 is 0 Å². The van der Waals surface area contributed by atoms with Crippen molar-refractivity contribution in [2.24, 2.45) is 4.99 Å². The molecule has 0 aliphatic carbocycles. The molecule has 2 heterocycles. The number of fused-ring (bicyclic) bond motifs is 1. The van der Waals surface area contributed by atoms with Crippen molar-refractivity contribution in [1.29, 1.82) is 0 Å². The highest BCUT2D eigenvalue weighted by Crippen LogP contribution is 2.26. The topological polar surface area (TPSA) is 37.3 Å². The van der Waals surface area contributed by atoms with E-state index in [1.165, 1.54) is 5.56 Å². The van der Waals surface area contributed by atoms with Gasteiger partial charge in [-0.1, -0.05) is 36.4 Å². The Bertz CT molecular complexity index is 897. The van der Waals surface area contributed by atoms with E-state index in [9.17, 15) is 0 Å². The number of allylic oxidation sites excluding steroid dienone is 1. The van der Waals surface area contributed by atoms with Crippen LogP contribution < -0.4 is 5.32 Å². The molecule has 24 heavy (non-hydrogen) atoms. The lowest BCUT2D eigenvalue weighted by molar-refractivity contribution is 1.11. The van der Waals surface area contributed by atoms with Gasteiger partial charge in [-0.15, -0.1) is 0 Å². The summed E-state index contributed by atoms with van der Waals surface area (Å²) < 4.78 is 0. The quantitative estimate of drug-likeness (QED) is 0.762. The zero-order valence-electron chi connectivity index (χ0n) is 13.2. The van der Waals surface area contributed by atoms with Gasteiger partial charge >= 0.3 is 0 Å². The van der Waals surface area contributed by atoms with Gasteiger partial charge in [-0.3, -0.25) is 9.98 Å². The number of aliphatic imine (C=N–C) groups is 1.